The first kappa shape index (κ1) is 13.8. The molecule has 1 aromatic carbocycles. The minimum atomic E-state index is -1.31. The molecule has 2 N–H and O–H groups in total. The Balaban J connectivity index is 2.95. The highest BCUT2D eigenvalue weighted by molar-refractivity contribution is 5.80. The first-order chi connectivity index (χ1) is 8.42. The Kier molecular flexibility index (Phi) is 4.16. The highest BCUT2D eigenvalue weighted by Crippen LogP contribution is 2.29. The van der Waals surface area contributed by atoms with Crippen LogP contribution in [0.5, 0.6) is 11.5 Å². The summed E-state index contributed by atoms with van der Waals surface area (Å²) in [5, 5.41) is 27.7. The van der Waals surface area contributed by atoms with Crippen LogP contribution >= 0.6 is 0 Å². The number of benzene rings is 1. The van der Waals surface area contributed by atoms with E-state index in [1.165, 1.54) is 19.1 Å². The van der Waals surface area contributed by atoms with Crippen LogP contribution in [0.3, 0.4) is 0 Å². The zero-order valence-corrected chi connectivity index (χ0v) is 10.3. The third-order valence-corrected chi connectivity index (χ3v) is 2.57. The fourth-order valence-electron chi connectivity index (χ4n) is 1.53. The summed E-state index contributed by atoms with van der Waals surface area (Å²) >= 11 is 0. The van der Waals surface area contributed by atoms with Gasteiger partial charge >= 0.3 is 5.97 Å². The maximum absolute atomic E-state index is 11.7. The van der Waals surface area contributed by atoms with E-state index in [1.807, 2.05) is 6.07 Å². The summed E-state index contributed by atoms with van der Waals surface area (Å²) in [5.41, 5.74) is -0.734. The van der Waals surface area contributed by atoms with Gasteiger partial charge in [-0.3, -0.25) is 4.79 Å². The molecule has 0 aliphatic carbocycles. The van der Waals surface area contributed by atoms with Crippen LogP contribution in [0.2, 0.25) is 0 Å². The fraction of sp³-hybridized carbons (Fsp3) is 0.385. The number of aromatic hydroxyl groups is 2. The van der Waals surface area contributed by atoms with Crippen LogP contribution < -0.4 is 0 Å². The van der Waals surface area contributed by atoms with E-state index in [4.69, 9.17) is 10.00 Å². The first-order valence-corrected chi connectivity index (χ1v) is 5.52. The van der Waals surface area contributed by atoms with Crippen molar-refractivity contribution in [3.63, 3.8) is 0 Å². The van der Waals surface area contributed by atoms with Crippen molar-refractivity contribution in [2.75, 3.05) is 6.61 Å². The van der Waals surface area contributed by atoms with Crippen molar-refractivity contribution in [1.29, 1.82) is 5.26 Å². The van der Waals surface area contributed by atoms with Crippen LogP contribution in [0, 0.1) is 16.7 Å². The quantitative estimate of drug-likeness (QED) is 0.626. The smallest absolute Gasteiger partial charge is 0.326 e. The number of hydrogen-bond donors (Lipinski definition) is 2. The lowest BCUT2D eigenvalue weighted by Gasteiger charge is -2.19. The minimum Gasteiger partial charge on any atom is -0.504 e. The van der Waals surface area contributed by atoms with Crippen molar-refractivity contribution in [3.8, 4) is 17.6 Å². The van der Waals surface area contributed by atoms with Gasteiger partial charge < -0.3 is 14.9 Å². The molecular formula is C13H15NO4. The first-order valence-electron chi connectivity index (χ1n) is 5.52. The molecule has 1 rings (SSSR count). The molecule has 0 amide bonds. The molecule has 0 aliphatic rings. The van der Waals surface area contributed by atoms with Gasteiger partial charge in [0.2, 0.25) is 0 Å². The summed E-state index contributed by atoms with van der Waals surface area (Å²) in [6.07, 6.45) is 0.107. The molecule has 0 saturated heterocycles. The van der Waals surface area contributed by atoms with E-state index in [0.29, 0.717) is 5.56 Å². The van der Waals surface area contributed by atoms with Gasteiger partial charge in [0.25, 0.3) is 0 Å². The fourth-order valence-corrected chi connectivity index (χ4v) is 1.53. The molecule has 0 aliphatic heterocycles. The van der Waals surface area contributed by atoms with Crippen LogP contribution in [0.1, 0.15) is 19.4 Å². The summed E-state index contributed by atoms with van der Waals surface area (Å²) in [7, 11) is 0. The van der Waals surface area contributed by atoms with E-state index >= 15 is 0 Å². The number of nitriles is 1. The summed E-state index contributed by atoms with van der Waals surface area (Å²) in [6, 6.07) is 6.11. The summed E-state index contributed by atoms with van der Waals surface area (Å²) in [4.78, 5) is 11.7. The predicted molar refractivity (Wildman–Crippen MR) is 63.8 cm³/mol. The second-order valence-electron chi connectivity index (χ2n) is 4.16. The van der Waals surface area contributed by atoms with E-state index in [2.05, 4.69) is 0 Å². The SMILES string of the molecule is CCOC(=O)C(C)(C#N)Cc1ccc(O)c(O)c1. The number of phenolic OH excluding ortho intramolecular Hbond substituents is 2. The average Bonchev–Trinajstić information content (AvgIpc) is 2.34. The van der Waals surface area contributed by atoms with Gasteiger partial charge in [0, 0.05) is 6.42 Å². The zero-order chi connectivity index (χ0) is 13.8. The van der Waals surface area contributed by atoms with E-state index in [9.17, 15) is 15.0 Å². The normalized spacial score (nSPS) is 13.4. The van der Waals surface area contributed by atoms with Crippen molar-refractivity contribution < 1.29 is 19.7 Å². The molecule has 18 heavy (non-hydrogen) atoms. The van der Waals surface area contributed by atoms with Crippen molar-refractivity contribution in [3.05, 3.63) is 23.8 Å². The standard InChI is InChI=1S/C13H15NO4/c1-3-18-12(17)13(2,8-14)7-9-4-5-10(15)11(16)6-9/h4-6,15-16H,3,7H2,1-2H3. The Morgan fingerprint density at radius 2 is 2.11 bits per heavy atom. The molecule has 0 fully saturated rings. The lowest BCUT2D eigenvalue weighted by Crippen LogP contribution is -2.30. The third-order valence-electron chi connectivity index (χ3n) is 2.57. The highest BCUT2D eigenvalue weighted by Gasteiger charge is 2.35. The largest absolute Gasteiger partial charge is 0.504 e. The molecular weight excluding hydrogens is 234 g/mol. The van der Waals surface area contributed by atoms with Crippen LogP contribution in [-0.2, 0) is 16.0 Å². The van der Waals surface area contributed by atoms with E-state index in [1.54, 1.807) is 13.0 Å². The number of esters is 1. The van der Waals surface area contributed by atoms with E-state index < -0.39 is 11.4 Å². The van der Waals surface area contributed by atoms with Gasteiger partial charge in [-0.05, 0) is 31.5 Å². The zero-order valence-electron chi connectivity index (χ0n) is 10.3. The summed E-state index contributed by atoms with van der Waals surface area (Å²) in [6.45, 7) is 3.36. The van der Waals surface area contributed by atoms with Crippen LogP contribution in [0.15, 0.2) is 18.2 Å². The number of carbonyl (C=O) groups is 1. The number of hydrogen-bond acceptors (Lipinski definition) is 5. The molecule has 5 heteroatoms. The van der Waals surface area contributed by atoms with Crippen LogP contribution in [0.25, 0.3) is 0 Å². The van der Waals surface area contributed by atoms with Gasteiger partial charge in [0.1, 0.15) is 0 Å². The molecule has 1 atom stereocenters. The minimum absolute atomic E-state index is 0.107. The average molecular weight is 249 g/mol. The van der Waals surface area contributed by atoms with Gasteiger partial charge in [0.15, 0.2) is 16.9 Å². The Labute approximate surface area is 105 Å². The number of carbonyl (C=O) groups excluding carboxylic acids is 1. The van der Waals surface area contributed by atoms with Crippen molar-refractivity contribution in [1.82, 2.24) is 0 Å². The molecule has 5 nitrogen and oxygen atoms in total. The summed E-state index contributed by atoms with van der Waals surface area (Å²) in [5.74, 6) is -1.12. The Bertz CT molecular complexity index is 492. The molecule has 0 aromatic heterocycles. The Morgan fingerprint density at radius 3 is 2.61 bits per heavy atom. The predicted octanol–water partition coefficient (Wildman–Crippen LogP) is 1.73. The number of rotatable bonds is 4. The maximum Gasteiger partial charge on any atom is 0.326 e. The lowest BCUT2D eigenvalue weighted by molar-refractivity contribution is -0.151. The number of nitrogens with zero attached hydrogens (tertiary/aromatic N) is 1. The number of ether oxygens (including phenoxy) is 1. The molecule has 1 aromatic rings. The number of phenols is 2. The van der Waals surface area contributed by atoms with Crippen LogP contribution in [0.4, 0.5) is 0 Å². The molecule has 0 radical (unpaired) electrons. The lowest BCUT2D eigenvalue weighted by atomic mass is 9.85. The van der Waals surface area contributed by atoms with Crippen LogP contribution in [-0.4, -0.2) is 22.8 Å². The van der Waals surface area contributed by atoms with Gasteiger partial charge in [-0.1, -0.05) is 6.07 Å². The van der Waals surface area contributed by atoms with E-state index in [-0.39, 0.29) is 24.5 Å². The molecule has 0 saturated carbocycles. The maximum atomic E-state index is 11.7. The molecule has 0 heterocycles. The Hall–Kier alpha value is -2.22. The van der Waals surface area contributed by atoms with Gasteiger partial charge in [0.05, 0.1) is 12.7 Å². The van der Waals surface area contributed by atoms with Crippen molar-refractivity contribution in [2.45, 2.75) is 20.3 Å². The van der Waals surface area contributed by atoms with E-state index in [0.717, 1.165) is 0 Å². The van der Waals surface area contributed by atoms with Gasteiger partial charge in [-0.2, -0.15) is 5.26 Å². The third kappa shape index (κ3) is 2.92. The monoisotopic (exact) mass is 249 g/mol. The molecule has 96 valence electrons. The highest BCUT2D eigenvalue weighted by atomic mass is 16.5. The van der Waals surface area contributed by atoms with Gasteiger partial charge in [-0.25, -0.2) is 0 Å². The van der Waals surface area contributed by atoms with Crippen molar-refractivity contribution >= 4 is 5.97 Å². The van der Waals surface area contributed by atoms with Crippen molar-refractivity contribution in [2.24, 2.45) is 5.41 Å². The molecule has 1 unspecified atom stereocenters. The summed E-state index contributed by atoms with van der Waals surface area (Å²) < 4.78 is 4.85. The topological polar surface area (TPSA) is 90.6 Å². The molecule has 0 bridgehead atoms. The molecule has 0 spiro atoms. The second-order valence-corrected chi connectivity index (χ2v) is 4.16. The second kappa shape index (κ2) is 5.41. The Morgan fingerprint density at radius 1 is 1.44 bits per heavy atom. The van der Waals surface area contributed by atoms with Gasteiger partial charge in [-0.15, -0.1) is 0 Å².